The second-order valence-corrected chi connectivity index (χ2v) is 6.30. The van der Waals surface area contributed by atoms with Crippen molar-refractivity contribution < 1.29 is 4.79 Å². The van der Waals surface area contributed by atoms with E-state index in [4.69, 9.17) is 28.9 Å². The smallest absolute Gasteiger partial charge is 0.251 e. The fourth-order valence-electron chi connectivity index (χ4n) is 1.62. The number of rotatable bonds is 3. The SMILES string of the molecule is NCC#Cc1ccc(C(=O)NCc2ccc(Cl)s2)cc1Cl. The summed E-state index contributed by atoms with van der Waals surface area (Å²) in [5, 5.41) is 3.25. The molecule has 0 aliphatic rings. The van der Waals surface area contributed by atoms with Crippen molar-refractivity contribution in [1.29, 1.82) is 0 Å². The first-order chi connectivity index (χ1) is 10.1. The number of hydrogen-bond acceptors (Lipinski definition) is 3. The van der Waals surface area contributed by atoms with E-state index in [1.165, 1.54) is 11.3 Å². The van der Waals surface area contributed by atoms with E-state index in [9.17, 15) is 4.79 Å². The lowest BCUT2D eigenvalue weighted by Crippen LogP contribution is -2.22. The Bertz CT molecular complexity index is 716. The van der Waals surface area contributed by atoms with Crippen molar-refractivity contribution in [1.82, 2.24) is 5.32 Å². The zero-order valence-electron chi connectivity index (χ0n) is 11.0. The van der Waals surface area contributed by atoms with E-state index >= 15 is 0 Å². The van der Waals surface area contributed by atoms with Crippen LogP contribution in [0.5, 0.6) is 0 Å². The van der Waals surface area contributed by atoms with Gasteiger partial charge in [-0.05, 0) is 30.3 Å². The molecule has 0 aliphatic carbocycles. The van der Waals surface area contributed by atoms with Gasteiger partial charge in [-0.1, -0.05) is 35.0 Å². The van der Waals surface area contributed by atoms with Crippen LogP contribution >= 0.6 is 34.5 Å². The molecule has 0 radical (unpaired) electrons. The monoisotopic (exact) mass is 338 g/mol. The van der Waals surface area contributed by atoms with E-state index in [-0.39, 0.29) is 12.5 Å². The van der Waals surface area contributed by atoms with Gasteiger partial charge in [-0.25, -0.2) is 0 Å². The summed E-state index contributed by atoms with van der Waals surface area (Å²) < 4.78 is 0.699. The molecule has 0 fully saturated rings. The second-order valence-electron chi connectivity index (χ2n) is 4.09. The third-order valence-corrected chi connectivity index (χ3v) is 4.15. The Morgan fingerprint density at radius 1 is 1.29 bits per heavy atom. The minimum atomic E-state index is -0.195. The lowest BCUT2D eigenvalue weighted by Gasteiger charge is -2.05. The molecule has 2 aromatic rings. The predicted octanol–water partition coefficient (Wildman–Crippen LogP) is 3.30. The highest BCUT2D eigenvalue weighted by molar-refractivity contribution is 7.16. The third-order valence-electron chi connectivity index (χ3n) is 2.61. The van der Waals surface area contributed by atoms with Crippen LogP contribution in [0.25, 0.3) is 0 Å². The zero-order valence-corrected chi connectivity index (χ0v) is 13.3. The van der Waals surface area contributed by atoms with E-state index in [1.807, 2.05) is 6.07 Å². The molecule has 6 heteroatoms. The van der Waals surface area contributed by atoms with Gasteiger partial charge < -0.3 is 11.1 Å². The Hall–Kier alpha value is -1.51. The molecule has 1 aromatic carbocycles. The Labute approximate surface area is 137 Å². The van der Waals surface area contributed by atoms with Crippen LogP contribution in [0.3, 0.4) is 0 Å². The molecule has 0 aliphatic heterocycles. The van der Waals surface area contributed by atoms with Gasteiger partial charge >= 0.3 is 0 Å². The van der Waals surface area contributed by atoms with Gasteiger partial charge in [0.15, 0.2) is 0 Å². The minimum absolute atomic E-state index is 0.195. The normalized spacial score (nSPS) is 9.86. The molecule has 0 spiro atoms. The highest BCUT2D eigenvalue weighted by Gasteiger charge is 2.08. The quantitative estimate of drug-likeness (QED) is 0.843. The van der Waals surface area contributed by atoms with Crippen molar-refractivity contribution >= 4 is 40.4 Å². The molecule has 21 heavy (non-hydrogen) atoms. The topological polar surface area (TPSA) is 55.1 Å². The molecule has 108 valence electrons. The molecule has 2 rings (SSSR count). The number of amides is 1. The number of halogens is 2. The maximum atomic E-state index is 12.0. The predicted molar refractivity (Wildman–Crippen MR) is 87.9 cm³/mol. The van der Waals surface area contributed by atoms with Crippen LogP contribution in [0.15, 0.2) is 30.3 Å². The molecular weight excluding hydrogens is 327 g/mol. The molecule has 1 heterocycles. The summed E-state index contributed by atoms with van der Waals surface area (Å²) in [6.07, 6.45) is 0. The van der Waals surface area contributed by atoms with Crippen molar-refractivity contribution in [2.24, 2.45) is 5.73 Å². The van der Waals surface area contributed by atoms with Gasteiger partial charge in [0.25, 0.3) is 5.91 Å². The van der Waals surface area contributed by atoms with Gasteiger partial charge in [-0.3, -0.25) is 4.79 Å². The highest BCUT2D eigenvalue weighted by Crippen LogP contribution is 2.21. The third kappa shape index (κ3) is 4.48. The van der Waals surface area contributed by atoms with Crippen molar-refractivity contribution in [3.63, 3.8) is 0 Å². The first kappa shape index (κ1) is 15.9. The molecule has 1 aromatic heterocycles. The van der Waals surface area contributed by atoms with Crippen LogP contribution in [-0.2, 0) is 6.54 Å². The van der Waals surface area contributed by atoms with Crippen LogP contribution in [-0.4, -0.2) is 12.5 Å². The van der Waals surface area contributed by atoms with Crippen LogP contribution in [0.1, 0.15) is 20.8 Å². The van der Waals surface area contributed by atoms with Gasteiger partial charge in [0, 0.05) is 16.0 Å². The number of hydrogen-bond donors (Lipinski definition) is 2. The number of benzene rings is 1. The number of thiophene rings is 1. The highest BCUT2D eigenvalue weighted by atomic mass is 35.5. The van der Waals surface area contributed by atoms with Gasteiger partial charge in [0.2, 0.25) is 0 Å². The maximum absolute atomic E-state index is 12.0. The Morgan fingerprint density at radius 2 is 2.10 bits per heavy atom. The first-order valence-corrected chi connectivity index (χ1v) is 7.68. The van der Waals surface area contributed by atoms with Crippen LogP contribution in [0.4, 0.5) is 0 Å². The van der Waals surface area contributed by atoms with Crippen molar-refractivity contribution in [2.75, 3.05) is 6.54 Å². The molecule has 1 amide bonds. The van der Waals surface area contributed by atoms with Crippen LogP contribution in [0.2, 0.25) is 9.36 Å². The maximum Gasteiger partial charge on any atom is 0.251 e. The Morgan fingerprint density at radius 3 is 2.71 bits per heavy atom. The number of carbonyl (C=O) groups is 1. The van der Waals surface area contributed by atoms with E-state index in [0.717, 1.165) is 4.88 Å². The summed E-state index contributed by atoms with van der Waals surface area (Å²) >= 11 is 13.4. The Kier molecular flexibility index (Phi) is 5.66. The molecular formula is C15H12Cl2N2OS. The van der Waals surface area contributed by atoms with Crippen LogP contribution in [0, 0.1) is 11.8 Å². The summed E-state index contributed by atoms with van der Waals surface area (Å²) in [5.74, 6) is 5.38. The zero-order chi connectivity index (χ0) is 15.2. The van der Waals surface area contributed by atoms with E-state index in [0.29, 0.717) is 27.0 Å². The molecule has 0 saturated carbocycles. The Balaban J connectivity index is 2.04. The molecule has 0 bridgehead atoms. The largest absolute Gasteiger partial charge is 0.347 e. The fourth-order valence-corrected chi connectivity index (χ4v) is 2.88. The fraction of sp³-hybridized carbons (Fsp3) is 0.133. The molecule has 3 nitrogen and oxygen atoms in total. The van der Waals surface area contributed by atoms with Gasteiger partial charge in [0.1, 0.15) is 0 Å². The van der Waals surface area contributed by atoms with E-state index in [1.54, 1.807) is 24.3 Å². The minimum Gasteiger partial charge on any atom is -0.347 e. The van der Waals surface area contributed by atoms with E-state index in [2.05, 4.69) is 17.2 Å². The van der Waals surface area contributed by atoms with Crippen molar-refractivity contribution in [3.8, 4) is 11.8 Å². The summed E-state index contributed by atoms with van der Waals surface area (Å²) in [7, 11) is 0. The van der Waals surface area contributed by atoms with Gasteiger partial charge in [-0.2, -0.15) is 0 Å². The van der Waals surface area contributed by atoms with Gasteiger partial charge in [-0.15, -0.1) is 11.3 Å². The average Bonchev–Trinajstić information content (AvgIpc) is 2.89. The van der Waals surface area contributed by atoms with Crippen molar-refractivity contribution in [3.05, 3.63) is 55.7 Å². The lowest BCUT2D eigenvalue weighted by molar-refractivity contribution is 0.0951. The molecule has 0 saturated heterocycles. The van der Waals surface area contributed by atoms with Crippen LogP contribution < -0.4 is 11.1 Å². The molecule has 3 N–H and O–H groups in total. The number of nitrogens with one attached hydrogen (secondary N) is 1. The average molecular weight is 339 g/mol. The summed E-state index contributed by atoms with van der Waals surface area (Å²) in [6, 6.07) is 8.67. The molecule has 0 unspecified atom stereocenters. The summed E-state index contributed by atoms with van der Waals surface area (Å²) in [5.41, 5.74) is 6.46. The second kappa shape index (κ2) is 7.48. The van der Waals surface area contributed by atoms with Gasteiger partial charge in [0.05, 0.1) is 22.4 Å². The molecule has 0 atom stereocenters. The summed E-state index contributed by atoms with van der Waals surface area (Å²) in [6.45, 7) is 0.699. The summed E-state index contributed by atoms with van der Waals surface area (Å²) in [4.78, 5) is 13.0. The standard InChI is InChI=1S/C15H12Cl2N2OS/c16-13-8-11(4-3-10(13)2-1-7-18)15(20)19-9-12-5-6-14(17)21-12/h3-6,8H,7,9,18H2,(H,19,20). The number of carbonyl (C=O) groups excluding carboxylic acids is 1. The van der Waals surface area contributed by atoms with Crippen molar-refractivity contribution in [2.45, 2.75) is 6.54 Å². The first-order valence-electron chi connectivity index (χ1n) is 6.11. The number of nitrogens with two attached hydrogens (primary N) is 1. The lowest BCUT2D eigenvalue weighted by atomic mass is 10.1. The van der Waals surface area contributed by atoms with E-state index < -0.39 is 0 Å².